The lowest BCUT2D eigenvalue weighted by Gasteiger charge is -2.09. The van der Waals surface area contributed by atoms with Crippen molar-refractivity contribution in [3.05, 3.63) is 77.2 Å². The number of hydrogen-bond donors (Lipinski definition) is 2. The fourth-order valence-corrected chi connectivity index (χ4v) is 3.53. The van der Waals surface area contributed by atoms with Gasteiger partial charge in [-0.3, -0.25) is 9.59 Å². The lowest BCUT2D eigenvalue weighted by atomic mass is 10.2. The van der Waals surface area contributed by atoms with Gasteiger partial charge in [-0.15, -0.1) is 11.3 Å². The summed E-state index contributed by atoms with van der Waals surface area (Å²) < 4.78 is 1.96. The number of anilines is 2. The fraction of sp³-hybridized carbons (Fsp3) is 0.0952. The number of benzene rings is 2. The van der Waals surface area contributed by atoms with Crippen LogP contribution in [-0.4, -0.2) is 21.4 Å². The first-order chi connectivity index (χ1) is 13.7. The zero-order valence-corrected chi connectivity index (χ0v) is 15.8. The van der Waals surface area contributed by atoms with Crippen molar-refractivity contribution in [3.8, 4) is 0 Å². The van der Waals surface area contributed by atoms with E-state index in [1.54, 1.807) is 36.7 Å². The van der Waals surface area contributed by atoms with Gasteiger partial charge in [0, 0.05) is 24.3 Å². The molecule has 0 aliphatic carbocycles. The summed E-state index contributed by atoms with van der Waals surface area (Å²) in [4.78, 5) is 29.5. The highest BCUT2D eigenvalue weighted by Gasteiger charge is 2.09. The van der Waals surface area contributed by atoms with Crippen molar-refractivity contribution in [2.24, 2.45) is 0 Å². The van der Waals surface area contributed by atoms with E-state index >= 15 is 0 Å². The van der Waals surface area contributed by atoms with E-state index in [9.17, 15) is 9.59 Å². The van der Waals surface area contributed by atoms with Crippen LogP contribution in [0.25, 0.3) is 11.0 Å². The first kappa shape index (κ1) is 17.9. The second kappa shape index (κ2) is 8.06. The van der Waals surface area contributed by atoms with Gasteiger partial charge in [0.05, 0.1) is 22.2 Å². The Morgan fingerprint density at radius 2 is 1.79 bits per heavy atom. The summed E-state index contributed by atoms with van der Waals surface area (Å²) >= 11 is 1.38. The topological polar surface area (TPSA) is 76.0 Å². The average molecular weight is 390 g/mol. The minimum Gasteiger partial charge on any atom is -0.330 e. The molecule has 2 aromatic carbocycles. The van der Waals surface area contributed by atoms with Gasteiger partial charge in [-0.25, -0.2) is 4.98 Å². The summed E-state index contributed by atoms with van der Waals surface area (Å²) in [6.07, 6.45) is 2.07. The summed E-state index contributed by atoms with van der Waals surface area (Å²) in [6, 6.07) is 18.6. The van der Waals surface area contributed by atoms with Gasteiger partial charge in [0.1, 0.15) is 0 Å². The van der Waals surface area contributed by atoms with Gasteiger partial charge in [-0.2, -0.15) is 0 Å². The molecule has 0 saturated heterocycles. The van der Waals surface area contributed by atoms with Gasteiger partial charge in [0.2, 0.25) is 5.91 Å². The smallest absolute Gasteiger partial charge is 0.265 e. The number of para-hydroxylation sites is 2. The number of rotatable bonds is 6. The van der Waals surface area contributed by atoms with E-state index in [0.29, 0.717) is 29.2 Å². The molecule has 0 saturated carbocycles. The van der Waals surface area contributed by atoms with Gasteiger partial charge < -0.3 is 15.2 Å². The van der Waals surface area contributed by atoms with E-state index in [-0.39, 0.29) is 11.8 Å². The highest BCUT2D eigenvalue weighted by molar-refractivity contribution is 7.12. The minimum absolute atomic E-state index is 0.0977. The molecule has 0 aliphatic heterocycles. The Morgan fingerprint density at radius 1 is 0.964 bits per heavy atom. The molecule has 0 fully saturated rings. The number of nitrogens with zero attached hydrogens (tertiary/aromatic N) is 2. The Kier molecular flexibility index (Phi) is 5.16. The second-order valence-corrected chi connectivity index (χ2v) is 7.18. The van der Waals surface area contributed by atoms with Crippen molar-refractivity contribution < 1.29 is 9.59 Å². The van der Waals surface area contributed by atoms with E-state index < -0.39 is 0 Å². The Balaban J connectivity index is 1.36. The van der Waals surface area contributed by atoms with E-state index in [0.717, 1.165) is 11.0 Å². The van der Waals surface area contributed by atoms with Crippen LogP contribution in [-0.2, 0) is 11.3 Å². The third-order valence-corrected chi connectivity index (χ3v) is 5.12. The van der Waals surface area contributed by atoms with E-state index in [4.69, 9.17) is 0 Å². The highest BCUT2D eigenvalue weighted by Crippen LogP contribution is 2.18. The Morgan fingerprint density at radius 3 is 2.61 bits per heavy atom. The third-order valence-electron chi connectivity index (χ3n) is 4.26. The number of fused-ring (bicyclic) bond motifs is 1. The standard InChI is InChI=1S/C21H18N4O2S/c26-20(10-11-25-14-22-17-7-1-2-8-18(17)25)23-15-5-3-6-16(13-15)24-21(27)19-9-4-12-28-19/h1-9,12-14H,10-11H2,(H,23,26)(H,24,27). The summed E-state index contributed by atoms with van der Waals surface area (Å²) in [7, 11) is 0. The molecule has 6 nitrogen and oxygen atoms in total. The van der Waals surface area contributed by atoms with Gasteiger partial charge in [0.25, 0.3) is 5.91 Å². The average Bonchev–Trinajstić information content (AvgIpc) is 3.37. The number of thiophene rings is 1. The summed E-state index contributed by atoms with van der Waals surface area (Å²) in [5.74, 6) is -0.259. The van der Waals surface area contributed by atoms with Crippen LogP contribution in [0.5, 0.6) is 0 Å². The quantitative estimate of drug-likeness (QED) is 0.513. The first-order valence-corrected chi connectivity index (χ1v) is 9.72. The maximum atomic E-state index is 12.3. The molecule has 2 N–H and O–H groups in total. The predicted octanol–water partition coefficient (Wildman–Crippen LogP) is 4.38. The molecule has 0 unspecified atom stereocenters. The molecule has 2 aromatic heterocycles. The monoisotopic (exact) mass is 390 g/mol. The van der Waals surface area contributed by atoms with Crippen molar-refractivity contribution in [2.75, 3.05) is 10.6 Å². The maximum absolute atomic E-state index is 12.3. The fourth-order valence-electron chi connectivity index (χ4n) is 2.91. The van der Waals surface area contributed by atoms with Crippen LogP contribution >= 0.6 is 11.3 Å². The van der Waals surface area contributed by atoms with Crippen LogP contribution in [0.1, 0.15) is 16.1 Å². The van der Waals surface area contributed by atoms with Crippen LogP contribution in [0.2, 0.25) is 0 Å². The lowest BCUT2D eigenvalue weighted by molar-refractivity contribution is -0.116. The molecule has 0 atom stereocenters. The van der Waals surface area contributed by atoms with E-state index in [1.165, 1.54) is 11.3 Å². The molecule has 0 spiro atoms. The van der Waals surface area contributed by atoms with Gasteiger partial charge >= 0.3 is 0 Å². The van der Waals surface area contributed by atoms with Crippen LogP contribution in [0, 0.1) is 0 Å². The molecule has 140 valence electrons. The number of imidazole rings is 1. The van der Waals surface area contributed by atoms with Crippen molar-refractivity contribution in [1.29, 1.82) is 0 Å². The Labute approximate surface area is 165 Å². The van der Waals surface area contributed by atoms with Crippen LogP contribution in [0.3, 0.4) is 0 Å². The van der Waals surface area contributed by atoms with Crippen molar-refractivity contribution in [3.63, 3.8) is 0 Å². The molecule has 7 heteroatoms. The molecule has 4 rings (SSSR count). The van der Waals surface area contributed by atoms with Crippen LogP contribution in [0.15, 0.2) is 72.4 Å². The number of aryl methyl sites for hydroxylation is 1. The van der Waals surface area contributed by atoms with Crippen LogP contribution < -0.4 is 10.6 Å². The first-order valence-electron chi connectivity index (χ1n) is 8.84. The maximum Gasteiger partial charge on any atom is 0.265 e. The summed E-state index contributed by atoms with van der Waals surface area (Å²) in [6.45, 7) is 0.543. The lowest BCUT2D eigenvalue weighted by Crippen LogP contribution is -2.15. The van der Waals surface area contributed by atoms with E-state index in [2.05, 4.69) is 15.6 Å². The SMILES string of the molecule is O=C(CCn1cnc2ccccc21)Nc1cccc(NC(=O)c2cccs2)c1. The van der Waals surface area contributed by atoms with Crippen molar-refractivity contribution >= 4 is 45.6 Å². The van der Waals surface area contributed by atoms with E-state index in [1.807, 2.05) is 40.3 Å². The third kappa shape index (κ3) is 4.10. The van der Waals surface area contributed by atoms with Gasteiger partial charge in [-0.05, 0) is 41.8 Å². The summed E-state index contributed by atoms with van der Waals surface area (Å²) in [5, 5.41) is 7.58. The van der Waals surface area contributed by atoms with Crippen molar-refractivity contribution in [1.82, 2.24) is 9.55 Å². The zero-order chi connectivity index (χ0) is 19.3. The molecular weight excluding hydrogens is 372 g/mol. The molecule has 0 bridgehead atoms. The minimum atomic E-state index is -0.162. The number of aromatic nitrogens is 2. The number of hydrogen-bond acceptors (Lipinski definition) is 4. The van der Waals surface area contributed by atoms with Crippen LogP contribution in [0.4, 0.5) is 11.4 Å². The zero-order valence-electron chi connectivity index (χ0n) is 15.0. The molecule has 28 heavy (non-hydrogen) atoms. The number of amides is 2. The Bertz CT molecular complexity index is 1120. The molecule has 2 amide bonds. The Hall–Kier alpha value is -3.45. The largest absolute Gasteiger partial charge is 0.330 e. The van der Waals surface area contributed by atoms with Gasteiger partial charge in [-0.1, -0.05) is 24.3 Å². The molecule has 0 aliphatic rings. The number of carbonyl (C=O) groups excluding carboxylic acids is 2. The molecule has 2 heterocycles. The number of nitrogens with one attached hydrogen (secondary N) is 2. The number of carbonyl (C=O) groups is 2. The van der Waals surface area contributed by atoms with Gasteiger partial charge in [0.15, 0.2) is 0 Å². The second-order valence-electron chi connectivity index (χ2n) is 6.24. The molecule has 4 aromatic rings. The normalized spacial score (nSPS) is 10.7. The predicted molar refractivity (Wildman–Crippen MR) is 112 cm³/mol. The summed E-state index contributed by atoms with van der Waals surface area (Å²) in [5.41, 5.74) is 3.20. The van der Waals surface area contributed by atoms with Crippen molar-refractivity contribution in [2.45, 2.75) is 13.0 Å². The molecule has 0 radical (unpaired) electrons. The highest BCUT2D eigenvalue weighted by atomic mass is 32.1. The molecular formula is C21H18N4O2S.